The fourth-order valence-electron chi connectivity index (χ4n) is 1.94. The van der Waals surface area contributed by atoms with Gasteiger partial charge in [-0.1, -0.05) is 30.3 Å². The maximum Gasteiger partial charge on any atom is 0.107 e. The van der Waals surface area contributed by atoms with Crippen LogP contribution in [0.3, 0.4) is 0 Å². The van der Waals surface area contributed by atoms with Crippen molar-refractivity contribution in [2.45, 2.75) is 44.6 Å². The molecule has 82 valence electrons. The summed E-state index contributed by atoms with van der Waals surface area (Å²) in [5.74, 6) is 5.61. The second-order valence-corrected chi connectivity index (χ2v) is 3.89. The van der Waals surface area contributed by atoms with Crippen molar-refractivity contribution in [3.05, 3.63) is 10.4 Å². The van der Waals surface area contributed by atoms with Gasteiger partial charge in [0.15, 0.2) is 0 Å². The molecule has 15 heavy (non-hydrogen) atoms. The van der Waals surface area contributed by atoms with E-state index in [1.807, 2.05) is 0 Å². The van der Waals surface area contributed by atoms with Crippen LogP contribution in [0.2, 0.25) is 0 Å². The number of azide groups is 1. The van der Waals surface area contributed by atoms with Gasteiger partial charge in [-0.15, -0.1) is 5.92 Å². The zero-order chi connectivity index (χ0) is 11.0. The first-order chi connectivity index (χ1) is 7.33. The van der Waals surface area contributed by atoms with Gasteiger partial charge in [-0.2, -0.15) is 0 Å². The summed E-state index contributed by atoms with van der Waals surface area (Å²) in [4.78, 5) is 2.94. The summed E-state index contributed by atoms with van der Waals surface area (Å²) in [6, 6.07) is 0. The molecule has 0 saturated heterocycles. The maximum atomic E-state index is 8.56. The minimum Gasteiger partial charge on any atom is -0.368 e. The number of rotatable bonds is 4. The van der Waals surface area contributed by atoms with E-state index in [0.717, 1.165) is 25.7 Å². The van der Waals surface area contributed by atoms with E-state index in [1.54, 1.807) is 6.92 Å². The Labute approximate surface area is 90.6 Å². The number of nitrogens with zero attached hydrogens (tertiary/aromatic N) is 3. The van der Waals surface area contributed by atoms with Crippen molar-refractivity contribution >= 4 is 0 Å². The predicted molar refractivity (Wildman–Crippen MR) is 59.2 cm³/mol. The van der Waals surface area contributed by atoms with E-state index in [-0.39, 0.29) is 5.54 Å². The number of ether oxygens (including phenoxy) is 1. The quantitative estimate of drug-likeness (QED) is 0.230. The van der Waals surface area contributed by atoms with Crippen LogP contribution in [0.1, 0.15) is 39.0 Å². The van der Waals surface area contributed by atoms with Gasteiger partial charge in [0.2, 0.25) is 0 Å². The van der Waals surface area contributed by atoms with Gasteiger partial charge in [0, 0.05) is 4.91 Å². The first-order valence-corrected chi connectivity index (χ1v) is 5.37. The number of hydrogen-bond acceptors (Lipinski definition) is 2. The van der Waals surface area contributed by atoms with Crippen LogP contribution in [0, 0.1) is 11.8 Å². The molecule has 0 aromatic heterocycles. The highest BCUT2D eigenvalue weighted by Gasteiger charge is 2.31. The Balaban J connectivity index is 2.47. The average Bonchev–Trinajstić information content (AvgIpc) is 2.26. The monoisotopic (exact) mass is 207 g/mol. The van der Waals surface area contributed by atoms with Gasteiger partial charge in [0.1, 0.15) is 6.61 Å². The third kappa shape index (κ3) is 3.83. The van der Waals surface area contributed by atoms with E-state index in [4.69, 9.17) is 10.3 Å². The van der Waals surface area contributed by atoms with Crippen LogP contribution in [0.5, 0.6) is 0 Å². The van der Waals surface area contributed by atoms with Crippen molar-refractivity contribution in [3.8, 4) is 11.8 Å². The third-order valence-electron chi connectivity index (χ3n) is 2.76. The summed E-state index contributed by atoms with van der Waals surface area (Å²) in [5, 5.41) is 3.92. The Bertz CT molecular complexity index is 291. The van der Waals surface area contributed by atoms with E-state index in [1.165, 1.54) is 6.42 Å². The highest BCUT2D eigenvalue weighted by molar-refractivity contribution is 4.96. The van der Waals surface area contributed by atoms with Gasteiger partial charge < -0.3 is 4.74 Å². The molecule has 0 heterocycles. The smallest absolute Gasteiger partial charge is 0.107 e. The van der Waals surface area contributed by atoms with Crippen LogP contribution >= 0.6 is 0 Å². The molecule has 1 aliphatic carbocycles. The molecule has 1 aliphatic rings. The molecule has 0 radical (unpaired) electrons. The lowest BCUT2D eigenvalue weighted by Crippen LogP contribution is -2.34. The zero-order valence-corrected chi connectivity index (χ0v) is 9.20. The summed E-state index contributed by atoms with van der Waals surface area (Å²) >= 11 is 0. The summed E-state index contributed by atoms with van der Waals surface area (Å²) in [6.45, 7) is 2.72. The molecule has 0 amide bonds. The SMILES string of the molecule is CC#CCOCC1(N=[N+]=[N-])CCCCC1. The molecule has 0 spiro atoms. The van der Waals surface area contributed by atoms with Crippen LogP contribution in [-0.4, -0.2) is 18.8 Å². The molecule has 1 saturated carbocycles. The second-order valence-electron chi connectivity index (χ2n) is 3.89. The Hall–Kier alpha value is -1.17. The Morgan fingerprint density at radius 3 is 2.73 bits per heavy atom. The van der Waals surface area contributed by atoms with E-state index >= 15 is 0 Å². The summed E-state index contributed by atoms with van der Waals surface area (Å²) < 4.78 is 5.43. The van der Waals surface area contributed by atoms with Crippen LogP contribution in [0.15, 0.2) is 5.11 Å². The van der Waals surface area contributed by atoms with Gasteiger partial charge >= 0.3 is 0 Å². The molecular weight excluding hydrogens is 190 g/mol. The minimum absolute atomic E-state index is 0.303. The van der Waals surface area contributed by atoms with Crippen LogP contribution in [0.25, 0.3) is 10.4 Å². The van der Waals surface area contributed by atoms with Crippen molar-refractivity contribution < 1.29 is 4.74 Å². The molecule has 0 bridgehead atoms. The molecular formula is C11H17N3O. The Morgan fingerprint density at radius 1 is 1.40 bits per heavy atom. The molecule has 0 unspecified atom stereocenters. The fourth-order valence-corrected chi connectivity index (χ4v) is 1.94. The number of hydrogen-bond donors (Lipinski definition) is 0. The molecule has 4 heteroatoms. The average molecular weight is 207 g/mol. The lowest BCUT2D eigenvalue weighted by Gasteiger charge is -2.31. The topological polar surface area (TPSA) is 58.0 Å². The van der Waals surface area contributed by atoms with Crippen molar-refractivity contribution in [3.63, 3.8) is 0 Å². The van der Waals surface area contributed by atoms with Crippen LogP contribution < -0.4 is 0 Å². The van der Waals surface area contributed by atoms with E-state index in [9.17, 15) is 0 Å². The summed E-state index contributed by atoms with van der Waals surface area (Å²) in [7, 11) is 0. The van der Waals surface area contributed by atoms with Crippen molar-refractivity contribution in [1.82, 2.24) is 0 Å². The summed E-state index contributed by atoms with van der Waals surface area (Å²) in [5.41, 5.74) is 8.26. The Kier molecular flexibility index (Phi) is 5.03. The largest absolute Gasteiger partial charge is 0.368 e. The van der Waals surface area contributed by atoms with Gasteiger partial charge in [-0.3, -0.25) is 0 Å². The molecule has 4 nitrogen and oxygen atoms in total. The molecule has 1 fully saturated rings. The van der Waals surface area contributed by atoms with Crippen molar-refractivity contribution in [2.75, 3.05) is 13.2 Å². The molecule has 0 aromatic rings. The van der Waals surface area contributed by atoms with E-state index < -0.39 is 0 Å². The first kappa shape index (κ1) is 11.9. The second kappa shape index (κ2) is 6.34. The molecule has 1 rings (SSSR count). The lowest BCUT2D eigenvalue weighted by molar-refractivity contribution is 0.0887. The maximum absolute atomic E-state index is 8.56. The van der Waals surface area contributed by atoms with Crippen LogP contribution in [-0.2, 0) is 4.74 Å². The van der Waals surface area contributed by atoms with Gasteiger partial charge in [0.25, 0.3) is 0 Å². The van der Waals surface area contributed by atoms with Gasteiger partial charge in [-0.25, -0.2) is 0 Å². The standard InChI is InChI=1S/C11H17N3O/c1-2-3-9-15-10-11(13-14-12)7-5-4-6-8-11/h4-10H2,1H3. The normalized spacial score (nSPS) is 18.5. The van der Waals surface area contributed by atoms with Gasteiger partial charge in [0.05, 0.1) is 12.1 Å². The third-order valence-corrected chi connectivity index (χ3v) is 2.76. The van der Waals surface area contributed by atoms with Gasteiger partial charge in [-0.05, 0) is 25.3 Å². The lowest BCUT2D eigenvalue weighted by atomic mass is 9.83. The highest BCUT2D eigenvalue weighted by atomic mass is 16.5. The summed E-state index contributed by atoms with van der Waals surface area (Å²) in [6.07, 6.45) is 5.37. The molecule has 0 aliphatic heterocycles. The molecule has 0 aromatic carbocycles. The van der Waals surface area contributed by atoms with Crippen molar-refractivity contribution in [2.24, 2.45) is 5.11 Å². The van der Waals surface area contributed by atoms with E-state index in [0.29, 0.717) is 13.2 Å². The van der Waals surface area contributed by atoms with E-state index in [2.05, 4.69) is 21.9 Å². The molecule has 0 N–H and O–H groups in total. The fraction of sp³-hybridized carbons (Fsp3) is 0.818. The molecule has 0 atom stereocenters. The van der Waals surface area contributed by atoms with Crippen molar-refractivity contribution in [1.29, 1.82) is 0 Å². The predicted octanol–water partition coefficient (Wildman–Crippen LogP) is 3.04. The zero-order valence-electron chi connectivity index (χ0n) is 9.20. The minimum atomic E-state index is -0.303. The Morgan fingerprint density at radius 2 is 2.13 bits per heavy atom. The first-order valence-electron chi connectivity index (χ1n) is 5.37. The highest BCUT2D eigenvalue weighted by Crippen LogP contribution is 2.32. The van der Waals surface area contributed by atoms with Crippen LogP contribution in [0.4, 0.5) is 0 Å².